The van der Waals surface area contributed by atoms with Crippen LogP contribution in [0.1, 0.15) is 24.0 Å². The molecule has 22 heavy (non-hydrogen) atoms. The molecule has 0 aliphatic carbocycles. The lowest BCUT2D eigenvalue weighted by atomic mass is 10.1. The second-order valence-electron chi connectivity index (χ2n) is 5.75. The molecule has 0 spiro atoms. The van der Waals surface area contributed by atoms with Gasteiger partial charge in [-0.2, -0.15) is 0 Å². The zero-order valence-electron chi connectivity index (χ0n) is 13.0. The Morgan fingerprint density at radius 2 is 2.14 bits per heavy atom. The van der Waals surface area contributed by atoms with Gasteiger partial charge in [-0.15, -0.1) is 0 Å². The van der Waals surface area contributed by atoms with Gasteiger partial charge in [0.15, 0.2) is 0 Å². The highest BCUT2D eigenvalue weighted by molar-refractivity contribution is 5.33. The number of methoxy groups -OCH3 is 1. The molecule has 1 atom stereocenters. The van der Waals surface area contributed by atoms with Gasteiger partial charge < -0.3 is 13.9 Å². The molecule has 2 aromatic rings. The van der Waals surface area contributed by atoms with Crippen molar-refractivity contribution < 1.29 is 13.9 Å². The maximum Gasteiger partial charge on any atom is 0.123 e. The highest BCUT2D eigenvalue weighted by Crippen LogP contribution is 2.22. The minimum Gasteiger partial charge on any atom is -0.496 e. The van der Waals surface area contributed by atoms with E-state index in [1.54, 1.807) is 13.4 Å². The molecule has 1 saturated heterocycles. The molecule has 0 radical (unpaired) electrons. The Bertz CT molecular complexity index is 561. The highest BCUT2D eigenvalue weighted by atomic mass is 16.5. The number of rotatable bonds is 7. The van der Waals surface area contributed by atoms with Gasteiger partial charge in [-0.3, -0.25) is 4.90 Å². The van der Waals surface area contributed by atoms with Crippen LogP contribution in [0.4, 0.5) is 0 Å². The third kappa shape index (κ3) is 3.90. The van der Waals surface area contributed by atoms with E-state index in [2.05, 4.69) is 17.0 Å². The monoisotopic (exact) mass is 301 g/mol. The molecule has 0 unspecified atom stereocenters. The van der Waals surface area contributed by atoms with E-state index in [0.29, 0.717) is 6.10 Å². The minimum absolute atomic E-state index is 0.335. The van der Waals surface area contributed by atoms with Crippen LogP contribution in [0.25, 0.3) is 0 Å². The van der Waals surface area contributed by atoms with Gasteiger partial charge >= 0.3 is 0 Å². The van der Waals surface area contributed by atoms with Crippen molar-refractivity contribution in [3.05, 3.63) is 54.0 Å². The molecular weight excluding hydrogens is 278 g/mol. The second kappa shape index (κ2) is 7.47. The van der Waals surface area contributed by atoms with Gasteiger partial charge in [0.05, 0.1) is 25.7 Å². The van der Waals surface area contributed by atoms with Gasteiger partial charge in [-0.05, 0) is 25.0 Å². The molecule has 3 rings (SSSR count). The fourth-order valence-corrected chi connectivity index (χ4v) is 2.98. The summed E-state index contributed by atoms with van der Waals surface area (Å²) in [6, 6.07) is 10.2. The van der Waals surface area contributed by atoms with E-state index in [0.717, 1.165) is 38.4 Å². The molecule has 2 heterocycles. The number of nitrogens with zero attached hydrogens (tertiary/aromatic N) is 1. The van der Waals surface area contributed by atoms with Crippen LogP contribution in [0.2, 0.25) is 0 Å². The standard InChI is InChI=1S/C18H23NO3/c1-20-18-7-3-2-5-16(18)12-19(11-15-8-10-21-14-15)13-17-6-4-9-22-17/h2-3,5,7-8,10,14,17H,4,6,9,11-13H2,1H3/t17-/m1/s1. The zero-order chi connectivity index (χ0) is 15.2. The van der Waals surface area contributed by atoms with Crippen LogP contribution in [0.3, 0.4) is 0 Å². The molecule has 1 fully saturated rings. The summed E-state index contributed by atoms with van der Waals surface area (Å²) in [6.07, 6.45) is 6.18. The Morgan fingerprint density at radius 3 is 2.86 bits per heavy atom. The van der Waals surface area contributed by atoms with Crippen molar-refractivity contribution in [3.8, 4) is 5.75 Å². The quantitative estimate of drug-likeness (QED) is 0.784. The van der Waals surface area contributed by atoms with Crippen LogP contribution in [-0.4, -0.2) is 31.3 Å². The molecule has 0 amide bonds. The Morgan fingerprint density at radius 1 is 1.23 bits per heavy atom. The molecule has 1 aliphatic heterocycles. The van der Waals surface area contributed by atoms with Crippen LogP contribution in [0, 0.1) is 0 Å². The lowest BCUT2D eigenvalue weighted by Gasteiger charge is -2.25. The third-order valence-corrected chi connectivity index (χ3v) is 4.06. The predicted molar refractivity (Wildman–Crippen MR) is 84.8 cm³/mol. The van der Waals surface area contributed by atoms with Crippen molar-refractivity contribution in [1.29, 1.82) is 0 Å². The summed E-state index contributed by atoms with van der Waals surface area (Å²) in [4.78, 5) is 2.40. The molecule has 0 saturated carbocycles. The smallest absolute Gasteiger partial charge is 0.123 e. The van der Waals surface area contributed by atoms with Crippen LogP contribution in [0.5, 0.6) is 5.75 Å². The van der Waals surface area contributed by atoms with Crippen molar-refractivity contribution in [2.24, 2.45) is 0 Å². The SMILES string of the molecule is COc1ccccc1CN(Cc1ccoc1)C[C@H]1CCCO1. The fraction of sp³-hybridized carbons (Fsp3) is 0.444. The van der Waals surface area contributed by atoms with Crippen molar-refractivity contribution in [2.45, 2.75) is 32.0 Å². The molecule has 4 heteroatoms. The first kappa shape index (κ1) is 15.1. The first-order valence-electron chi connectivity index (χ1n) is 7.82. The van der Waals surface area contributed by atoms with Crippen LogP contribution in [0.15, 0.2) is 47.3 Å². The normalized spacial score (nSPS) is 18.0. The molecule has 1 aromatic carbocycles. The van der Waals surface area contributed by atoms with Gasteiger partial charge in [-0.25, -0.2) is 0 Å². The van der Waals surface area contributed by atoms with Crippen molar-refractivity contribution in [2.75, 3.05) is 20.3 Å². The topological polar surface area (TPSA) is 34.8 Å². The third-order valence-electron chi connectivity index (χ3n) is 4.06. The van der Waals surface area contributed by atoms with Gasteiger partial charge in [0, 0.05) is 37.4 Å². The summed E-state index contributed by atoms with van der Waals surface area (Å²) < 4.78 is 16.5. The summed E-state index contributed by atoms with van der Waals surface area (Å²) >= 11 is 0. The number of benzene rings is 1. The first-order chi connectivity index (χ1) is 10.8. The average molecular weight is 301 g/mol. The zero-order valence-corrected chi connectivity index (χ0v) is 13.0. The Labute approximate surface area is 131 Å². The maximum atomic E-state index is 5.80. The second-order valence-corrected chi connectivity index (χ2v) is 5.75. The number of hydrogen-bond donors (Lipinski definition) is 0. The van der Waals surface area contributed by atoms with E-state index in [4.69, 9.17) is 13.9 Å². The van der Waals surface area contributed by atoms with Crippen LogP contribution in [-0.2, 0) is 17.8 Å². The number of ether oxygens (including phenoxy) is 2. The lowest BCUT2D eigenvalue weighted by molar-refractivity contribution is 0.0675. The summed E-state index contributed by atoms with van der Waals surface area (Å²) in [7, 11) is 1.72. The Kier molecular flexibility index (Phi) is 5.14. The molecule has 1 aromatic heterocycles. The molecule has 1 aliphatic rings. The van der Waals surface area contributed by atoms with Crippen molar-refractivity contribution in [3.63, 3.8) is 0 Å². The van der Waals surface area contributed by atoms with Gasteiger partial charge in [0.2, 0.25) is 0 Å². The predicted octanol–water partition coefficient (Wildman–Crippen LogP) is 3.47. The van der Waals surface area contributed by atoms with E-state index < -0.39 is 0 Å². The number of hydrogen-bond acceptors (Lipinski definition) is 4. The summed E-state index contributed by atoms with van der Waals surface area (Å²) in [5.74, 6) is 0.937. The fourth-order valence-electron chi connectivity index (χ4n) is 2.98. The van der Waals surface area contributed by atoms with Gasteiger partial charge in [0.1, 0.15) is 5.75 Å². The van der Waals surface area contributed by atoms with Crippen LogP contribution < -0.4 is 4.74 Å². The average Bonchev–Trinajstić information content (AvgIpc) is 3.21. The van der Waals surface area contributed by atoms with Gasteiger partial charge in [-0.1, -0.05) is 18.2 Å². The van der Waals surface area contributed by atoms with Crippen LogP contribution >= 0.6 is 0 Å². The largest absolute Gasteiger partial charge is 0.496 e. The summed E-state index contributed by atoms with van der Waals surface area (Å²) in [5, 5.41) is 0. The summed E-state index contributed by atoms with van der Waals surface area (Å²) in [5.41, 5.74) is 2.39. The highest BCUT2D eigenvalue weighted by Gasteiger charge is 2.20. The molecule has 0 bridgehead atoms. The molecule has 4 nitrogen and oxygen atoms in total. The number of furan rings is 1. The van der Waals surface area contributed by atoms with E-state index in [9.17, 15) is 0 Å². The van der Waals surface area contributed by atoms with E-state index in [1.165, 1.54) is 17.5 Å². The van der Waals surface area contributed by atoms with Gasteiger partial charge in [0.25, 0.3) is 0 Å². The van der Waals surface area contributed by atoms with E-state index >= 15 is 0 Å². The minimum atomic E-state index is 0.335. The van der Waals surface area contributed by atoms with Crippen molar-refractivity contribution in [1.82, 2.24) is 4.90 Å². The summed E-state index contributed by atoms with van der Waals surface area (Å²) in [6.45, 7) is 3.52. The number of para-hydroxylation sites is 1. The van der Waals surface area contributed by atoms with Crippen molar-refractivity contribution >= 4 is 0 Å². The Hall–Kier alpha value is -1.78. The molecular formula is C18H23NO3. The van der Waals surface area contributed by atoms with E-state index in [1.807, 2.05) is 24.5 Å². The molecule has 0 N–H and O–H groups in total. The lowest BCUT2D eigenvalue weighted by Crippen LogP contribution is -2.31. The first-order valence-corrected chi connectivity index (χ1v) is 7.82. The Balaban J connectivity index is 1.71. The maximum absolute atomic E-state index is 5.80. The molecule has 118 valence electrons. The van der Waals surface area contributed by atoms with E-state index in [-0.39, 0.29) is 0 Å².